The lowest BCUT2D eigenvalue weighted by molar-refractivity contribution is -0.118. The Kier molecular flexibility index (Phi) is 7.06. The maximum absolute atomic E-state index is 12.5. The standard InChI is InChI=1S/C19H20F3N3O2S/c1-11(2)17(26)25-16-10-14(7-8-23-16)18(27)24-12(3)13-5-4-6-15(9-13)28-19(20,21)22/h4-12H,1-3H3,(H,24,27)(H,23,25,26). The lowest BCUT2D eigenvalue weighted by atomic mass is 10.1. The predicted molar refractivity (Wildman–Crippen MR) is 102 cm³/mol. The van der Waals surface area contributed by atoms with E-state index in [9.17, 15) is 22.8 Å². The molecule has 150 valence electrons. The van der Waals surface area contributed by atoms with Crippen LogP contribution in [0.15, 0.2) is 47.5 Å². The summed E-state index contributed by atoms with van der Waals surface area (Å²) in [5.74, 6) is -0.634. The molecule has 0 aliphatic rings. The van der Waals surface area contributed by atoms with Crippen LogP contribution in [0.2, 0.25) is 0 Å². The number of hydrogen-bond acceptors (Lipinski definition) is 4. The van der Waals surface area contributed by atoms with E-state index in [1.807, 2.05) is 0 Å². The maximum Gasteiger partial charge on any atom is 0.446 e. The number of rotatable bonds is 6. The molecule has 0 radical (unpaired) electrons. The molecule has 0 spiro atoms. The van der Waals surface area contributed by atoms with Gasteiger partial charge in [0, 0.05) is 22.6 Å². The molecule has 0 saturated heterocycles. The number of aromatic nitrogens is 1. The van der Waals surface area contributed by atoms with Crippen molar-refractivity contribution in [1.29, 1.82) is 0 Å². The zero-order valence-electron chi connectivity index (χ0n) is 15.5. The van der Waals surface area contributed by atoms with Gasteiger partial charge in [0.2, 0.25) is 5.91 Å². The molecule has 5 nitrogen and oxygen atoms in total. The molecule has 0 saturated carbocycles. The Balaban J connectivity index is 2.08. The summed E-state index contributed by atoms with van der Waals surface area (Å²) in [4.78, 5) is 28.3. The Bertz CT molecular complexity index is 856. The highest BCUT2D eigenvalue weighted by atomic mass is 32.2. The molecule has 0 aliphatic carbocycles. The number of amides is 2. The van der Waals surface area contributed by atoms with E-state index >= 15 is 0 Å². The van der Waals surface area contributed by atoms with Gasteiger partial charge >= 0.3 is 5.51 Å². The smallest absolute Gasteiger partial charge is 0.346 e. The van der Waals surface area contributed by atoms with E-state index < -0.39 is 17.5 Å². The fourth-order valence-corrected chi connectivity index (χ4v) is 2.86. The minimum Gasteiger partial charge on any atom is -0.346 e. The fourth-order valence-electron chi connectivity index (χ4n) is 2.26. The third-order valence-corrected chi connectivity index (χ3v) is 4.46. The van der Waals surface area contributed by atoms with Crippen LogP contribution >= 0.6 is 11.8 Å². The predicted octanol–water partition coefficient (Wildman–Crippen LogP) is 4.78. The monoisotopic (exact) mass is 411 g/mol. The minimum atomic E-state index is -4.38. The zero-order chi connectivity index (χ0) is 20.9. The number of carbonyl (C=O) groups is 2. The number of nitrogens with one attached hydrogen (secondary N) is 2. The topological polar surface area (TPSA) is 71.1 Å². The lowest BCUT2D eigenvalue weighted by Gasteiger charge is -2.16. The average Bonchev–Trinajstić information content (AvgIpc) is 2.60. The lowest BCUT2D eigenvalue weighted by Crippen LogP contribution is -2.27. The summed E-state index contributed by atoms with van der Waals surface area (Å²) in [6.45, 7) is 5.15. The van der Waals surface area contributed by atoms with Crippen molar-refractivity contribution in [2.24, 2.45) is 5.92 Å². The summed E-state index contributed by atoms with van der Waals surface area (Å²) in [6.07, 6.45) is 1.40. The van der Waals surface area contributed by atoms with Gasteiger partial charge in [0.05, 0.1) is 6.04 Å². The second-order valence-corrected chi connectivity index (χ2v) is 7.53. The molecular formula is C19H20F3N3O2S. The number of thioether (sulfide) groups is 1. The molecule has 2 aromatic rings. The van der Waals surface area contributed by atoms with Crippen LogP contribution in [-0.4, -0.2) is 22.3 Å². The molecule has 9 heteroatoms. The average molecular weight is 411 g/mol. The number of pyridine rings is 1. The fraction of sp³-hybridized carbons (Fsp3) is 0.316. The van der Waals surface area contributed by atoms with Crippen LogP contribution < -0.4 is 10.6 Å². The van der Waals surface area contributed by atoms with E-state index in [0.29, 0.717) is 5.56 Å². The molecule has 2 rings (SSSR count). The van der Waals surface area contributed by atoms with E-state index in [2.05, 4.69) is 15.6 Å². The minimum absolute atomic E-state index is 0.0497. The van der Waals surface area contributed by atoms with Crippen LogP contribution in [0.5, 0.6) is 0 Å². The quantitative estimate of drug-likeness (QED) is 0.671. The Hall–Kier alpha value is -2.55. The van der Waals surface area contributed by atoms with E-state index in [0.717, 1.165) is 0 Å². The zero-order valence-corrected chi connectivity index (χ0v) is 16.3. The number of carbonyl (C=O) groups excluding carboxylic acids is 2. The van der Waals surface area contributed by atoms with Gasteiger partial charge in [-0.2, -0.15) is 13.2 Å². The van der Waals surface area contributed by atoms with Gasteiger partial charge in [-0.3, -0.25) is 9.59 Å². The highest BCUT2D eigenvalue weighted by Crippen LogP contribution is 2.37. The van der Waals surface area contributed by atoms with E-state index in [1.165, 1.54) is 36.5 Å². The SMILES string of the molecule is CC(C)C(=O)Nc1cc(C(=O)NC(C)c2cccc(SC(F)(F)F)c2)ccn1. The van der Waals surface area contributed by atoms with Crippen LogP contribution in [0.3, 0.4) is 0 Å². The molecule has 2 N–H and O–H groups in total. The highest BCUT2D eigenvalue weighted by molar-refractivity contribution is 8.00. The van der Waals surface area contributed by atoms with Crippen molar-refractivity contribution >= 4 is 29.4 Å². The first-order chi connectivity index (χ1) is 13.0. The molecule has 1 aromatic carbocycles. The summed E-state index contributed by atoms with van der Waals surface area (Å²) in [5.41, 5.74) is -3.55. The Labute approximate surface area is 165 Å². The third-order valence-electron chi connectivity index (χ3n) is 3.74. The number of alkyl halides is 3. The van der Waals surface area contributed by atoms with E-state index in [1.54, 1.807) is 26.8 Å². The van der Waals surface area contributed by atoms with Gasteiger partial charge in [0.25, 0.3) is 5.91 Å². The summed E-state index contributed by atoms with van der Waals surface area (Å²) >= 11 is -0.204. The van der Waals surface area contributed by atoms with Crippen LogP contribution in [0.1, 0.15) is 42.7 Å². The third kappa shape index (κ3) is 6.56. The van der Waals surface area contributed by atoms with Crippen molar-refractivity contribution in [3.05, 3.63) is 53.7 Å². The summed E-state index contributed by atoms with van der Waals surface area (Å²) < 4.78 is 37.6. The van der Waals surface area contributed by atoms with Crippen molar-refractivity contribution in [2.45, 2.75) is 37.2 Å². The molecule has 1 atom stereocenters. The molecular weight excluding hydrogens is 391 g/mol. The van der Waals surface area contributed by atoms with Gasteiger partial charge in [0.15, 0.2) is 0 Å². The number of hydrogen-bond donors (Lipinski definition) is 2. The van der Waals surface area contributed by atoms with Crippen molar-refractivity contribution < 1.29 is 22.8 Å². The van der Waals surface area contributed by atoms with Crippen LogP contribution in [-0.2, 0) is 4.79 Å². The van der Waals surface area contributed by atoms with Crippen LogP contribution in [0, 0.1) is 5.92 Å². The molecule has 1 unspecified atom stereocenters. The van der Waals surface area contributed by atoms with Crippen LogP contribution in [0.4, 0.5) is 19.0 Å². The van der Waals surface area contributed by atoms with Gasteiger partial charge in [-0.05, 0) is 48.5 Å². The molecule has 0 bridgehead atoms. The van der Waals surface area contributed by atoms with Crippen molar-refractivity contribution in [2.75, 3.05) is 5.32 Å². The first-order valence-corrected chi connectivity index (χ1v) is 9.30. The van der Waals surface area contributed by atoms with Crippen molar-refractivity contribution in [1.82, 2.24) is 10.3 Å². The Morgan fingerprint density at radius 1 is 1.11 bits per heavy atom. The maximum atomic E-state index is 12.5. The van der Waals surface area contributed by atoms with Crippen LogP contribution in [0.25, 0.3) is 0 Å². The van der Waals surface area contributed by atoms with Crippen molar-refractivity contribution in [3.63, 3.8) is 0 Å². The highest BCUT2D eigenvalue weighted by Gasteiger charge is 2.29. The number of benzene rings is 1. The number of halogens is 3. The first kappa shape index (κ1) is 21.7. The largest absolute Gasteiger partial charge is 0.446 e. The Morgan fingerprint density at radius 3 is 2.46 bits per heavy atom. The first-order valence-electron chi connectivity index (χ1n) is 8.48. The molecule has 1 heterocycles. The van der Waals surface area contributed by atoms with Gasteiger partial charge in [0.1, 0.15) is 5.82 Å². The molecule has 2 amide bonds. The van der Waals surface area contributed by atoms with Gasteiger partial charge in [-0.25, -0.2) is 4.98 Å². The van der Waals surface area contributed by atoms with E-state index in [4.69, 9.17) is 0 Å². The number of anilines is 1. The second-order valence-electron chi connectivity index (χ2n) is 6.39. The summed E-state index contributed by atoms with van der Waals surface area (Å²) in [7, 11) is 0. The molecule has 28 heavy (non-hydrogen) atoms. The molecule has 0 fully saturated rings. The summed E-state index contributed by atoms with van der Waals surface area (Å²) in [6, 6.07) is 8.33. The summed E-state index contributed by atoms with van der Waals surface area (Å²) in [5, 5.41) is 5.35. The van der Waals surface area contributed by atoms with E-state index in [-0.39, 0.29) is 39.9 Å². The van der Waals surface area contributed by atoms with Gasteiger partial charge in [-0.1, -0.05) is 26.0 Å². The van der Waals surface area contributed by atoms with Gasteiger partial charge in [-0.15, -0.1) is 0 Å². The van der Waals surface area contributed by atoms with Crippen molar-refractivity contribution in [3.8, 4) is 0 Å². The molecule has 1 aromatic heterocycles. The Morgan fingerprint density at radius 2 is 1.82 bits per heavy atom. The molecule has 0 aliphatic heterocycles. The number of nitrogens with zero attached hydrogens (tertiary/aromatic N) is 1. The second kappa shape index (κ2) is 9.09. The normalized spacial score (nSPS) is 12.5. The van der Waals surface area contributed by atoms with Gasteiger partial charge < -0.3 is 10.6 Å².